The highest BCUT2D eigenvalue weighted by atomic mass is 32.2. The third-order valence-electron chi connectivity index (χ3n) is 1.79. The minimum Gasteiger partial charge on any atom is -0.310 e. The number of thioether (sulfide) groups is 1. The van der Waals surface area contributed by atoms with E-state index in [0.717, 1.165) is 35.9 Å². The summed E-state index contributed by atoms with van der Waals surface area (Å²) in [6.45, 7) is 4.15. The van der Waals surface area contributed by atoms with Gasteiger partial charge in [0.25, 0.3) is 5.56 Å². The van der Waals surface area contributed by atoms with E-state index in [1.807, 2.05) is 6.92 Å². The highest BCUT2D eigenvalue weighted by molar-refractivity contribution is 7.98. The van der Waals surface area contributed by atoms with Gasteiger partial charge in [-0.1, -0.05) is 13.8 Å². The Morgan fingerprint density at radius 1 is 1.50 bits per heavy atom. The Labute approximate surface area is 88.3 Å². The highest BCUT2D eigenvalue weighted by Gasteiger charge is 1.99. The van der Waals surface area contributed by atoms with E-state index in [2.05, 4.69) is 16.9 Å². The maximum absolute atomic E-state index is 11.2. The topological polar surface area (TPSA) is 45.8 Å². The molecule has 1 heterocycles. The molecule has 0 amide bonds. The average molecular weight is 212 g/mol. The number of hydrogen-bond acceptors (Lipinski definition) is 3. The van der Waals surface area contributed by atoms with Gasteiger partial charge >= 0.3 is 0 Å². The number of nitrogens with zero attached hydrogens (tertiary/aromatic N) is 1. The first-order valence-corrected chi connectivity index (χ1v) is 6.08. The highest BCUT2D eigenvalue weighted by Crippen LogP contribution is 2.08. The lowest BCUT2D eigenvalue weighted by Crippen LogP contribution is -2.11. The Morgan fingerprint density at radius 2 is 2.29 bits per heavy atom. The van der Waals surface area contributed by atoms with Crippen LogP contribution in [0.15, 0.2) is 10.9 Å². The largest absolute Gasteiger partial charge is 0.310 e. The fourth-order valence-corrected chi connectivity index (χ4v) is 1.89. The molecule has 1 N–H and O–H groups in total. The fourth-order valence-electron chi connectivity index (χ4n) is 1.13. The molecule has 78 valence electrons. The molecule has 4 heteroatoms. The molecule has 1 aromatic rings. The smallest absolute Gasteiger partial charge is 0.251 e. The van der Waals surface area contributed by atoms with Crippen LogP contribution in [-0.4, -0.2) is 15.7 Å². The van der Waals surface area contributed by atoms with Crippen LogP contribution in [0.1, 0.15) is 31.8 Å². The molecule has 0 atom stereocenters. The van der Waals surface area contributed by atoms with Gasteiger partial charge < -0.3 is 4.98 Å². The molecule has 0 aliphatic heterocycles. The third-order valence-corrected chi connectivity index (χ3v) is 2.97. The van der Waals surface area contributed by atoms with E-state index in [-0.39, 0.29) is 5.56 Å². The summed E-state index contributed by atoms with van der Waals surface area (Å²) in [5, 5.41) is 0. The molecule has 0 aromatic carbocycles. The van der Waals surface area contributed by atoms with E-state index in [1.165, 1.54) is 0 Å². The first-order valence-electron chi connectivity index (χ1n) is 4.93. The number of aryl methyl sites for hydroxylation is 1. The predicted octanol–water partition coefficient (Wildman–Crippen LogP) is 1.98. The molecule has 0 radical (unpaired) electrons. The molecule has 0 bridgehead atoms. The molecule has 0 saturated heterocycles. The summed E-state index contributed by atoms with van der Waals surface area (Å²) in [6, 6.07) is 1.56. The molecular formula is C10H16N2OS. The van der Waals surface area contributed by atoms with Crippen molar-refractivity contribution in [2.45, 2.75) is 32.4 Å². The van der Waals surface area contributed by atoms with E-state index in [9.17, 15) is 4.79 Å². The lowest BCUT2D eigenvalue weighted by molar-refractivity contribution is 0.919. The third kappa shape index (κ3) is 3.54. The quantitative estimate of drug-likeness (QED) is 0.759. The van der Waals surface area contributed by atoms with Crippen molar-refractivity contribution in [1.82, 2.24) is 9.97 Å². The molecule has 1 aromatic heterocycles. The van der Waals surface area contributed by atoms with Crippen LogP contribution in [0.3, 0.4) is 0 Å². The number of hydrogen-bond donors (Lipinski definition) is 1. The predicted molar refractivity (Wildman–Crippen MR) is 60.7 cm³/mol. The Bertz CT molecular complexity index is 335. The summed E-state index contributed by atoms with van der Waals surface area (Å²) in [5.74, 6) is 2.71. The van der Waals surface area contributed by atoms with Crippen molar-refractivity contribution in [1.29, 1.82) is 0 Å². The van der Waals surface area contributed by atoms with Gasteiger partial charge in [0.2, 0.25) is 0 Å². The second-order valence-corrected chi connectivity index (χ2v) is 4.19. The molecule has 0 saturated carbocycles. The number of H-pyrrole nitrogens is 1. The van der Waals surface area contributed by atoms with Crippen molar-refractivity contribution in [3.63, 3.8) is 0 Å². The molecule has 0 aliphatic carbocycles. The number of rotatable bonds is 5. The second kappa shape index (κ2) is 5.86. The molecular weight excluding hydrogens is 196 g/mol. The maximum atomic E-state index is 11.2. The first kappa shape index (κ1) is 11.3. The second-order valence-electron chi connectivity index (χ2n) is 3.09. The van der Waals surface area contributed by atoms with Crippen LogP contribution in [0.2, 0.25) is 0 Å². The summed E-state index contributed by atoms with van der Waals surface area (Å²) >= 11 is 1.80. The van der Waals surface area contributed by atoms with Crippen LogP contribution >= 0.6 is 11.8 Å². The Hall–Kier alpha value is -0.770. The van der Waals surface area contributed by atoms with Crippen molar-refractivity contribution in [2.75, 3.05) is 5.75 Å². The van der Waals surface area contributed by atoms with Gasteiger partial charge in [0.1, 0.15) is 5.82 Å². The van der Waals surface area contributed by atoms with Crippen LogP contribution in [-0.2, 0) is 12.2 Å². The number of aromatic amines is 1. The molecule has 14 heavy (non-hydrogen) atoms. The number of aromatic nitrogens is 2. The molecule has 0 spiro atoms. The van der Waals surface area contributed by atoms with Crippen molar-refractivity contribution < 1.29 is 0 Å². The summed E-state index contributed by atoms with van der Waals surface area (Å²) in [6.07, 6.45) is 1.97. The van der Waals surface area contributed by atoms with Crippen LogP contribution < -0.4 is 5.56 Å². The van der Waals surface area contributed by atoms with E-state index < -0.39 is 0 Å². The van der Waals surface area contributed by atoms with E-state index >= 15 is 0 Å². The van der Waals surface area contributed by atoms with Gasteiger partial charge in [-0.05, 0) is 18.6 Å². The maximum Gasteiger partial charge on any atom is 0.251 e. The lowest BCUT2D eigenvalue weighted by Gasteiger charge is -2.01. The summed E-state index contributed by atoms with van der Waals surface area (Å²) < 4.78 is 0. The lowest BCUT2D eigenvalue weighted by atomic mass is 10.3. The minimum atomic E-state index is -0.0380. The van der Waals surface area contributed by atoms with Gasteiger partial charge in [-0.2, -0.15) is 11.8 Å². The Morgan fingerprint density at radius 3 is 2.93 bits per heavy atom. The Balaban J connectivity index is 2.67. The van der Waals surface area contributed by atoms with Crippen molar-refractivity contribution in [2.24, 2.45) is 0 Å². The SMILES string of the molecule is CCCSCc1nc(CC)cc(=O)[nH]1. The van der Waals surface area contributed by atoms with Gasteiger partial charge in [-0.25, -0.2) is 4.98 Å². The van der Waals surface area contributed by atoms with Gasteiger partial charge in [-0.3, -0.25) is 4.79 Å². The monoisotopic (exact) mass is 212 g/mol. The molecule has 0 aliphatic rings. The van der Waals surface area contributed by atoms with E-state index in [1.54, 1.807) is 17.8 Å². The summed E-state index contributed by atoms with van der Waals surface area (Å²) in [7, 11) is 0. The number of nitrogens with one attached hydrogen (secondary N) is 1. The standard InChI is InChI=1S/C10H16N2OS/c1-3-5-14-7-9-11-8(4-2)6-10(13)12-9/h6H,3-5,7H2,1-2H3,(H,11,12,13). The normalized spacial score (nSPS) is 10.4. The van der Waals surface area contributed by atoms with E-state index in [4.69, 9.17) is 0 Å². The van der Waals surface area contributed by atoms with Crippen LogP contribution in [0.4, 0.5) is 0 Å². The zero-order chi connectivity index (χ0) is 10.4. The van der Waals surface area contributed by atoms with Gasteiger partial charge in [0.05, 0.1) is 5.75 Å². The van der Waals surface area contributed by atoms with Gasteiger partial charge in [-0.15, -0.1) is 0 Å². The molecule has 1 rings (SSSR count). The van der Waals surface area contributed by atoms with Gasteiger partial charge in [0, 0.05) is 11.8 Å². The zero-order valence-corrected chi connectivity index (χ0v) is 9.49. The Kier molecular flexibility index (Phi) is 4.73. The van der Waals surface area contributed by atoms with E-state index in [0.29, 0.717) is 0 Å². The molecule has 0 fully saturated rings. The van der Waals surface area contributed by atoms with Crippen molar-refractivity contribution in [3.05, 3.63) is 27.9 Å². The van der Waals surface area contributed by atoms with Gasteiger partial charge in [0.15, 0.2) is 0 Å². The van der Waals surface area contributed by atoms with Crippen LogP contribution in [0, 0.1) is 0 Å². The molecule has 0 unspecified atom stereocenters. The first-order chi connectivity index (χ1) is 6.76. The fraction of sp³-hybridized carbons (Fsp3) is 0.600. The minimum absolute atomic E-state index is 0.0380. The van der Waals surface area contributed by atoms with Crippen molar-refractivity contribution in [3.8, 4) is 0 Å². The zero-order valence-electron chi connectivity index (χ0n) is 8.67. The molecule has 3 nitrogen and oxygen atoms in total. The van der Waals surface area contributed by atoms with Crippen LogP contribution in [0.25, 0.3) is 0 Å². The average Bonchev–Trinajstić information content (AvgIpc) is 2.17. The summed E-state index contributed by atoms with van der Waals surface area (Å²) in [5.41, 5.74) is 0.838. The van der Waals surface area contributed by atoms with Crippen LogP contribution in [0.5, 0.6) is 0 Å². The summed E-state index contributed by atoms with van der Waals surface area (Å²) in [4.78, 5) is 18.3. The van der Waals surface area contributed by atoms with Crippen molar-refractivity contribution >= 4 is 11.8 Å².